The number of likely N-dealkylation sites (N-methyl/N-ethyl adjacent to an activating group) is 1. The van der Waals surface area contributed by atoms with E-state index in [1.165, 1.54) is 0 Å². The van der Waals surface area contributed by atoms with Gasteiger partial charge in [0, 0.05) is 13.6 Å². The maximum Gasteiger partial charge on any atom is 0.260 e. The monoisotopic (exact) mass is 294 g/mol. The number of hydrogen-bond donors (Lipinski definition) is 2. The predicted octanol–water partition coefficient (Wildman–Crippen LogP) is 2.10. The Labute approximate surface area is 127 Å². The van der Waals surface area contributed by atoms with Crippen LogP contribution in [-0.4, -0.2) is 32.2 Å². The first-order valence-corrected chi connectivity index (χ1v) is 7.47. The highest BCUT2D eigenvalue weighted by molar-refractivity contribution is 5.80. The molecule has 0 spiro atoms. The minimum atomic E-state index is -0.557. The fraction of sp³-hybridized carbons (Fsp3) is 0.562. The van der Waals surface area contributed by atoms with Crippen LogP contribution in [0.2, 0.25) is 0 Å². The van der Waals surface area contributed by atoms with Crippen LogP contribution in [-0.2, 0) is 11.3 Å². The van der Waals surface area contributed by atoms with Crippen molar-refractivity contribution >= 4 is 5.91 Å². The zero-order valence-corrected chi connectivity index (χ0v) is 13.4. The Bertz CT molecular complexity index is 449. The van der Waals surface area contributed by atoms with Crippen molar-refractivity contribution < 1.29 is 14.3 Å². The third kappa shape index (κ3) is 5.63. The minimum absolute atomic E-state index is 0.161. The quantitative estimate of drug-likeness (QED) is 0.685. The highest BCUT2D eigenvalue weighted by Crippen LogP contribution is 2.29. The highest BCUT2D eigenvalue weighted by atomic mass is 16.5. The lowest BCUT2D eigenvalue weighted by molar-refractivity contribution is -0.126. The van der Waals surface area contributed by atoms with Crippen LogP contribution in [0, 0.1) is 0 Å². The number of hydrogen-bond acceptors (Lipinski definition) is 4. The summed E-state index contributed by atoms with van der Waals surface area (Å²) in [4.78, 5) is 11.5. The number of carbonyl (C=O) groups is 1. The Balaban J connectivity index is 2.80. The standard InChI is InChI=1S/C16H26N2O3/c1-5-9-18-11-13-7-8-14(15(10-13)20-6-2)21-12(3)16(19)17-4/h7-8,10,12,18H,5-6,9,11H2,1-4H3,(H,17,19). The smallest absolute Gasteiger partial charge is 0.260 e. The normalized spacial score (nSPS) is 11.8. The summed E-state index contributed by atoms with van der Waals surface area (Å²) in [5.41, 5.74) is 1.13. The highest BCUT2D eigenvalue weighted by Gasteiger charge is 2.15. The topological polar surface area (TPSA) is 59.6 Å². The summed E-state index contributed by atoms with van der Waals surface area (Å²) in [7, 11) is 1.59. The Morgan fingerprint density at radius 1 is 1.29 bits per heavy atom. The van der Waals surface area contributed by atoms with Crippen molar-refractivity contribution in [2.24, 2.45) is 0 Å². The molecule has 0 saturated heterocycles. The van der Waals surface area contributed by atoms with Crippen LogP contribution in [0.3, 0.4) is 0 Å². The van der Waals surface area contributed by atoms with Crippen molar-refractivity contribution in [2.45, 2.75) is 39.8 Å². The molecule has 1 amide bonds. The molecule has 1 aromatic rings. The average molecular weight is 294 g/mol. The number of benzene rings is 1. The lowest BCUT2D eigenvalue weighted by Crippen LogP contribution is -2.33. The van der Waals surface area contributed by atoms with Gasteiger partial charge in [0.15, 0.2) is 17.6 Å². The minimum Gasteiger partial charge on any atom is -0.490 e. The summed E-state index contributed by atoms with van der Waals surface area (Å²) < 4.78 is 11.3. The van der Waals surface area contributed by atoms with Gasteiger partial charge in [-0.05, 0) is 44.5 Å². The maximum atomic E-state index is 11.5. The molecular weight excluding hydrogens is 268 g/mol. The molecule has 0 aliphatic rings. The van der Waals surface area contributed by atoms with Crippen LogP contribution in [0.1, 0.15) is 32.8 Å². The van der Waals surface area contributed by atoms with Crippen molar-refractivity contribution in [3.05, 3.63) is 23.8 Å². The van der Waals surface area contributed by atoms with E-state index in [0.717, 1.165) is 25.1 Å². The van der Waals surface area contributed by atoms with Gasteiger partial charge in [-0.1, -0.05) is 13.0 Å². The fourth-order valence-corrected chi connectivity index (χ4v) is 1.88. The molecule has 1 atom stereocenters. The van der Waals surface area contributed by atoms with E-state index in [-0.39, 0.29) is 5.91 Å². The van der Waals surface area contributed by atoms with Crippen LogP contribution in [0.5, 0.6) is 11.5 Å². The zero-order chi connectivity index (χ0) is 15.7. The van der Waals surface area contributed by atoms with Crippen LogP contribution in [0.4, 0.5) is 0 Å². The largest absolute Gasteiger partial charge is 0.490 e. The van der Waals surface area contributed by atoms with E-state index in [1.54, 1.807) is 14.0 Å². The molecular formula is C16H26N2O3. The van der Waals surface area contributed by atoms with Gasteiger partial charge in [0.2, 0.25) is 0 Å². The van der Waals surface area contributed by atoms with Gasteiger partial charge in [-0.15, -0.1) is 0 Å². The van der Waals surface area contributed by atoms with E-state index in [0.29, 0.717) is 18.1 Å². The van der Waals surface area contributed by atoms with Gasteiger partial charge in [0.05, 0.1) is 6.61 Å². The number of nitrogens with one attached hydrogen (secondary N) is 2. The molecule has 1 rings (SSSR count). The Morgan fingerprint density at radius 3 is 2.67 bits per heavy atom. The number of amides is 1. The van der Waals surface area contributed by atoms with Crippen molar-refractivity contribution in [3.8, 4) is 11.5 Å². The molecule has 0 aliphatic heterocycles. The molecule has 1 unspecified atom stereocenters. The van der Waals surface area contributed by atoms with Gasteiger partial charge in [0.25, 0.3) is 5.91 Å². The Morgan fingerprint density at radius 2 is 2.05 bits per heavy atom. The van der Waals surface area contributed by atoms with E-state index in [4.69, 9.17) is 9.47 Å². The molecule has 0 aliphatic carbocycles. The lowest BCUT2D eigenvalue weighted by atomic mass is 10.2. The van der Waals surface area contributed by atoms with E-state index < -0.39 is 6.10 Å². The number of rotatable bonds is 9. The molecule has 5 heteroatoms. The van der Waals surface area contributed by atoms with Gasteiger partial charge in [0.1, 0.15) is 0 Å². The molecule has 0 fully saturated rings. The summed E-state index contributed by atoms with van der Waals surface area (Å²) >= 11 is 0. The SMILES string of the molecule is CCCNCc1ccc(OC(C)C(=O)NC)c(OCC)c1. The van der Waals surface area contributed by atoms with Crippen LogP contribution < -0.4 is 20.1 Å². The summed E-state index contributed by atoms with van der Waals surface area (Å²) in [5.74, 6) is 1.10. The van der Waals surface area contributed by atoms with Gasteiger partial charge < -0.3 is 20.1 Å². The molecule has 0 aromatic heterocycles. The first-order chi connectivity index (χ1) is 10.1. The zero-order valence-electron chi connectivity index (χ0n) is 13.4. The summed E-state index contributed by atoms with van der Waals surface area (Å²) in [6.07, 6.45) is 0.543. The molecule has 0 saturated carbocycles. The summed E-state index contributed by atoms with van der Waals surface area (Å²) in [6, 6.07) is 5.79. The molecule has 2 N–H and O–H groups in total. The fourth-order valence-electron chi connectivity index (χ4n) is 1.88. The first kappa shape index (κ1) is 17.3. The lowest BCUT2D eigenvalue weighted by Gasteiger charge is -2.17. The van der Waals surface area contributed by atoms with E-state index in [1.807, 2.05) is 25.1 Å². The van der Waals surface area contributed by atoms with Gasteiger partial charge in [-0.3, -0.25) is 4.79 Å². The van der Waals surface area contributed by atoms with Crippen LogP contribution >= 0.6 is 0 Å². The average Bonchev–Trinajstić information content (AvgIpc) is 2.49. The first-order valence-electron chi connectivity index (χ1n) is 7.47. The molecule has 0 bridgehead atoms. The van der Waals surface area contributed by atoms with Crippen molar-refractivity contribution in [3.63, 3.8) is 0 Å². The molecule has 0 radical (unpaired) electrons. The second-order valence-corrected chi connectivity index (χ2v) is 4.77. The number of carbonyl (C=O) groups excluding carboxylic acids is 1. The van der Waals surface area contributed by atoms with Crippen molar-refractivity contribution in [2.75, 3.05) is 20.2 Å². The van der Waals surface area contributed by atoms with Crippen molar-refractivity contribution in [1.29, 1.82) is 0 Å². The van der Waals surface area contributed by atoms with Gasteiger partial charge in [-0.25, -0.2) is 0 Å². The second kappa shape index (κ2) is 9.23. The van der Waals surface area contributed by atoms with E-state index in [2.05, 4.69) is 17.6 Å². The molecule has 118 valence electrons. The van der Waals surface area contributed by atoms with Gasteiger partial charge >= 0.3 is 0 Å². The second-order valence-electron chi connectivity index (χ2n) is 4.77. The van der Waals surface area contributed by atoms with Crippen molar-refractivity contribution in [1.82, 2.24) is 10.6 Å². The van der Waals surface area contributed by atoms with E-state index in [9.17, 15) is 4.79 Å². The molecule has 1 aromatic carbocycles. The molecule has 5 nitrogen and oxygen atoms in total. The maximum absolute atomic E-state index is 11.5. The third-order valence-corrected chi connectivity index (χ3v) is 2.98. The third-order valence-electron chi connectivity index (χ3n) is 2.98. The predicted molar refractivity (Wildman–Crippen MR) is 83.8 cm³/mol. The summed E-state index contributed by atoms with van der Waals surface area (Å²) in [6.45, 7) is 8.10. The Kier molecular flexibility index (Phi) is 7.61. The van der Waals surface area contributed by atoms with Crippen LogP contribution in [0.15, 0.2) is 18.2 Å². The molecule has 0 heterocycles. The van der Waals surface area contributed by atoms with Crippen LogP contribution in [0.25, 0.3) is 0 Å². The molecule has 21 heavy (non-hydrogen) atoms. The van der Waals surface area contributed by atoms with E-state index >= 15 is 0 Å². The Hall–Kier alpha value is -1.75. The van der Waals surface area contributed by atoms with Gasteiger partial charge in [-0.2, -0.15) is 0 Å². The number of ether oxygens (including phenoxy) is 2. The summed E-state index contributed by atoms with van der Waals surface area (Å²) in [5, 5.41) is 5.92.